The molecule has 116 valence electrons. The summed E-state index contributed by atoms with van der Waals surface area (Å²) in [6.07, 6.45) is 3.03. The van der Waals surface area contributed by atoms with Crippen LogP contribution in [-0.2, 0) is 4.79 Å². The number of hydrogen-bond acceptors (Lipinski definition) is 2. The zero-order valence-electron chi connectivity index (χ0n) is 13.3. The lowest BCUT2D eigenvalue weighted by atomic mass is 9.88. The highest BCUT2D eigenvalue weighted by molar-refractivity contribution is 5.79. The third-order valence-electron chi connectivity index (χ3n) is 4.47. The fraction of sp³-hybridized carbons (Fsp3) is 0.611. The molecule has 1 aromatic carbocycles. The third kappa shape index (κ3) is 4.31. The van der Waals surface area contributed by atoms with Crippen molar-refractivity contribution < 1.29 is 4.79 Å². The van der Waals surface area contributed by atoms with E-state index in [1.54, 1.807) is 0 Å². The topological polar surface area (TPSA) is 46.3 Å². The van der Waals surface area contributed by atoms with Crippen molar-refractivity contribution in [3.8, 4) is 0 Å². The van der Waals surface area contributed by atoms with Crippen molar-refractivity contribution in [2.75, 3.05) is 19.6 Å². The Labute approximate surface area is 128 Å². The van der Waals surface area contributed by atoms with Crippen molar-refractivity contribution in [2.45, 2.75) is 39.0 Å². The number of amides is 1. The van der Waals surface area contributed by atoms with E-state index in [1.165, 1.54) is 5.56 Å². The summed E-state index contributed by atoms with van der Waals surface area (Å²) in [6, 6.07) is 10.6. The van der Waals surface area contributed by atoms with Crippen LogP contribution < -0.4 is 5.73 Å². The first kappa shape index (κ1) is 16.0. The van der Waals surface area contributed by atoms with Crippen LogP contribution in [0.3, 0.4) is 0 Å². The minimum Gasteiger partial charge on any atom is -0.342 e. The number of carbonyl (C=O) groups is 1. The first-order chi connectivity index (χ1) is 10.1. The highest BCUT2D eigenvalue weighted by Crippen LogP contribution is 2.28. The number of hydrogen-bond donors (Lipinski definition) is 1. The Morgan fingerprint density at radius 2 is 1.86 bits per heavy atom. The molecule has 1 aliphatic rings. The molecule has 0 bridgehead atoms. The van der Waals surface area contributed by atoms with Crippen LogP contribution in [0, 0.1) is 11.8 Å². The normalized spacial score (nSPS) is 18.0. The average Bonchev–Trinajstić information content (AvgIpc) is 2.53. The van der Waals surface area contributed by atoms with Gasteiger partial charge in [0.2, 0.25) is 5.91 Å². The predicted molar refractivity (Wildman–Crippen MR) is 87.0 cm³/mol. The molecule has 1 heterocycles. The van der Waals surface area contributed by atoms with E-state index in [2.05, 4.69) is 44.2 Å². The molecular formula is C18H28N2O. The molecule has 1 saturated heterocycles. The molecule has 0 saturated carbocycles. The summed E-state index contributed by atoms with van der Waals surface area (Å²) in [6.45, 7) is 6.50. The second-order valence-electron chi connectivity index (χ2n) is 6.57. The van der Waals surface area contributed by atoms with Gasteiger partial charge in [0.1, 0.15) is 0 Å². The maximum atomic E-state index is 12.6. The Bertz CT molecular complexity index is 436. The maximum Gasteiger partial charge on any atom is 0.226 e. The molecule has 1 fully saturated rings. The monoisotopic (exact) mass is 288 g/mol. The Kier molecular flexibility index (Phi) is 5.80. The van der Waals surface area contributed by atoms with E-state index < -0.39 is 0 Å². The minimum atomic E-state index is -0.00160. The Balaban J connectivity index is 1.89. The molecular weight excluding hydrogens is 260 g/mol. The second kappa shape index (κ2) is 7.60. The lowest BCUT2D eigenvalue weighted by Crippen LogP contribution is -2.43. The fourth-order valence-electron chi connectivity index (χ4n) is 3.28. The number of nitrogens with zero attached hydrogens (tertiary/aromatic N) is 1. The Morgan fingerprint density at radius 1 is 1.24 bits per heavy atom. The Morgan fingerprint density at radius 3 is 2.38 bits per heavy atom. The van der Waals surface area contributed by atoms with Gasteiger partial charge in [-0.25, -0.2) is 0 Å². The molecule has 2 rings (SSSR count). The second-order valence-corrected chi connectivity index (χ2v) is 6.57. The van der Waals surface area contributed by atoms with Gasteiger partial charge in [-0.3, -0.25) is 4.79 Å². The highest BCUT2D eigenvalue weighted by atomic mass is 16.2. The number of benzene rings is 1. The van der Waals surface area contributed by atoms with Crippen LogP contribution in [-0.4, -0.2) is 30.4 Å². The summed E-state index contributed by atoms with van der Waals surface area (Å²) < 4.78 is 0. The maximum absolute atomic E-state index is 12.6. The summed E-state index contributed by atoms with van der Waals surface area (Å²) in [4.78, 5) is 14.6. The molecule has 1 aromatic rings. The van der Waals surface area contributed by atoms with Crippen LogP contribution in [0.5, 0.6) is 0 Å². The summed E-state index contributed by atoms with van der Waals surface area (Å²) in [5.41, 5.74) is 7.20. The number of rotatable bonds is 5. The molecule has 1 aliphatic heterocycles. The molecule has 1 amide bonds. The molecule has 3 nitrogen and oxygen atoms in total. The summed E-state index contributed by atoms with van der Waals surface area (Å²) in [7, 11) is 0. The van der Waals surface area contributed by atoms with E-state index in [0.29, 0.717) is 18.4 Å². The van der Waals surface area contributed by atoms with Gasteiger partial charge < -0.3 is 10.6 Å². The number of nitrogens with two attached hydrogens (primary N) is 1. The van der Waals surface area contributed by atoms with Gasteiger partial charge in [0.05, 0.1) is 5.92 Å². The van der Waals surface area contributed by atoms with Gasteiger partial charge in [-0.2, -0.15) is 0 Å². The first-order valence-electron chi connectivity index (χ1n) is 8.15. The van der Waals surface area contributed by atoms with Gasteiger partial charge in [-0.15, -0.1) is 0 Å². The van der Waals surface area contributed by atoms with Crippen molar-refractivity contribution in [3.05, 3.63) is 35.9 Å². The van der Waals surface area contributed by atoms with Gasteiger partial charge in [0.25, 0.3) is 0 Å². The van der Waals surface area contributed by atoms with Crippen LogP contribution in [0.2, 0.25) is 0 Å². The molecule has 0 spiro atoms. The average molecular weight is 288 g/mol. The zero-order valence-corrected chi connectivity index (χ0v) is 13.3. The van der Waals surface area contributed by atoms with Gasteiger partial charge >= 0.3 is 0 Å². The highest BCUT2D eigenvalue weighted by Gasteiger charge is 2.28. The van der Waals surface area contributed by atoms with Crippen LogP contribution in [0.15, 0.2) is 30.3 Å². The summed E-state index contributed by atoms with van der Waals surface area (Å²) in [5.74, 6) is 1.37. The summed E-state index contributed by atoms with van der Waals surface area (Å²) >= 11 is 0. The third-order valence-corrected chi connectivity index (χ3v) is 4.47. The molecule has 2 N–H and O–H groups in total. The molecule has 3 heteroatoms. The summed E-state index contributed by atoms with van der Waals surface area (Å²) in [5, 5.41) is 0. The van der Waals surface area contributed by atoms with Gasteiger partial charge in [0, 0.05) is 19.6 Å². The molecule has 0 aliphatic carbocycles. The largest absolute Gasteiger partial charge is 0.342 e. The van der Waals surface area contributed by atoms with Crippen molar-refractivity contribution >= 4 is 5.91 Å². The smallest absolute Gasteiger partial charge is 0.226 e. The van der Waals surface area contributed by atoms with Crippen LogP contribution in [0.4, 0.5) is 0 Å². The molecule has 21 heavy (non-hydrogen) atoms. The SMILES string of the molecule is CC(C)CC(CN)C(=O)N1CCC(c2ccccc2)CC1. The van der Waals surface area contributed by atoms with Crippen LogP contribution in [0.1, 0.15) is 44.6 Å². The Hall–Kier alpha value is -1.35. The number of piperidine rings is 1. The lowest BCUT2D eigenvalue weighted by Gasteiger charge is -2.34. The van der Waals surface area contributed by atoms with Crippen molar-refractivity contribution in [1.82, 2.24) is 4.90 Å². The van der Waals surface area contributed by atoms with E-state index in [4.69, 9.17) is 5.73 Å². The molecule has 0 radical (unpaired) electrons. The van der Waals surface area contributed by atoms with Gasteiger partial charge in [-0.05, 0) is 36.7 Å². The van der Waals surface area contributed by atoms with E-state index in [0.717, 1.165) is 32.4 Å². The fourth-order valence-corrected chi connectivity index (χ4v) is 3.28. The van der Waals surface area contributed by atoms with Gasteiger partial charge in [0.15, 0.2) is 0 Å². The van der Waals surface area contributed by atoms with E-state index in [-0.39, 0.29) is 11.8 Å². The number of likely N-dealkylation sites (tertiary alicyclic amines) is 1. The molecule has 0 aromatic heterocycles. The van der Waals surface area contributed by atoms with Crippen molar-refractivity contribution in [2.24, 2.45) is 17.6 Å². The van der Waals surface area contributed by atoms with Crippen molar-refractivity contribution in [3.63, 3.8) is 0 Å². The lowest BCUT2D eigenvalue weighted by molar-refractivity contribution is -0.136. The molecule has 1 atom stereocenters. The first-order valence-corrected chi connectivity index (χ1v) is 8.15. The quantitative estimate of drug-likeness (QED) is 0.905. The number of carbonyl (C=O) groups excluding carboxylic acids is 1. The van der Waals surface area contributed by atoms with E-state index in [9.17, 15) is 4.79 Å². The van der Waals surface area contributed by atoms with E-state index >= 15 is 0 Å². The minimum absolute atomic E-state index is 0.00160. The van der Waals surface area contributed by atoms with Crippen molar-refractivity contribution in [1.29, 1.82) is 0 Å². The predicted octanol–water partition coefficient (Wildman–Crippen LogP) is 3.01. The zero-order chi connectivity index (χ0) is 15.2. The van der Waals surface area contributed by atoms with Gasteiger partial charge in [-0.1, -0.05) is 44.2 Å². The van der Waals surface area contributed by atoms with Crippen LogP contribution >= 0.6 is 0 Å². The molecule has 1 unspecified atom stereocenters. The van der Waals surface area contributed by atoms with E-state index in [1.807, 2.05) is 4.90 Å². The van der Waals surface area contributed by atoms with Crippen LogP contribution in [0.25, 0.3) is 0 Å². The standard InChI is InChI=1S/C18H28N2O/c1-14(2)12-17(13-19)18(21)20-10-8-16(9-11-20)15-6-4-3-5-7-15/h3-7,14,16-17H,8-13,19H2,1-2H3.